The van der Waals surface area contributed by atoms with Crippen LogP contribution in [0.15, 0.2) is 57.3 Å². The SMILES string of the molecule is CCOc1ccccc1-c1noc(CN2N=N[C@@H]3C(=O)N(c4ccc(F)c(Cl)c4)C(=O)[C@H]32)n1. The number of anilines is 1. The molecule has 2 atom stereocenters. The molecule has 0 aliphatic carbocycles. The molecular formula is C21H16ClFN6O4. The molecular weight excluding hydrogens is 455 g/mol. The van der Waals surface area contributed by atoms with Gasteiger partial charge in [-0.3, -0.25) is 14.6 Å². The van der Waals surface area contributed by atoms with Crippen LogP contribution in [0.3, 0.4) is 0 Å². The second kappa shape index (κ2) is 8.24. The molecule has 1 fully saturated rings. The monoisotopic (exact) mass is 470 g/mol. The zero-order valence-electron chi connectivity index (χ0n) is 17.2. The van der Waals surface area contributed by atoms with Gasteiger partial charge in [-0.1, -0.05) is 34.1 Å². The molecule has 0 bridgehead atoms. The van der Waals surface area contributed by atoms with Crippen LogP contribution in [0.1, 0.15) is 12.8 Å². The normalized spacial score (nSPS) is 19.5. The van der Waals surface area contributed by atoms with Crippen LogP contribution in [0.5, 0.6) is 5.75 Å². The minimum Gasteiger partial charge on any atom is -0.493 e. The molecule has 2 amide bonds. The average Bonchev–Trinajstić information content (AvgIpc) is 3.49. The molecule has 2 aliphatic rings. The first-order chi connectivity index (χ1) is 16.0. The van der Waals surface area contributed by atoms with Crippen molar-refractivity contribution in [3.8, 4) is 17.1 Å². The Bertz CT molecular complexity index is 1280. The standard InChI is InChI=1S/C21H16ClFN6O4/c1-2-32-15-6-4-3-5-12(15)19-24-16(33-26-19)10-28-18-17(25-27-28)20(30)29(21(18)31)11-7-8-14(23)13(22)9-11/h3-9,17-18H,2,10H2,1H3/t17-,18-/m0/s1. The number of fused-ring (bicyclic) bond motifs is 1. The average molecular weight is 471 g/mol. The van der Waals surface area contributed by atoms with Crippen LogP contribution < -0.4 is 9.64 Å². The number of halogens is 2. The van der Waals surface area contributed by atoms with E-state index in [9.17, 15) is 14.0 Å². The zero-order chi connectivity index (χ0) is 23.1. The lowest BCUT2D eigenvalue weighted by atomic mass is 10.1. The van der Waals surface area contributed by atoms with E-state index in [2.05, 4.69) is 20.5 Å². The molecule has 33 heavy (non-hydrogen) atoms. The van der Waals surface area contributed by atoms with Gasteiger partial charge in [-0.2, -0.15) is 10.1 Å². The van der Waals surface area contributed by atoms with Crippen molar-refractivity contribution in [3.05, 3.63) is 59.2 Å². The molecule has 5 rings (SSSR count). The Balaban J connectivity index is 1.37. The van der Waals surface area contributed by atoms with Crippen LogP contribution in [-0.2, 0) is 16.1 Å². The summed E-state index contributed by atoms with van der Waals surface area (Å²) in [4.78, 5) is 31.2. The fraction of sp³-hybridized carbons (Fsp3) is 0.238. The molecule has 2 aliphatic heterocycles. The summed E-state index contributed by atoms with van der Waals surface area (Å²) in [5, 5.41) is 13.0. The summed E-state index contributed by atoms with van der Waals surface area (Å²) in [5.74, 6) is -0.676. The lowest BCUT2D eigenvalue weighted by molar-refractivity contribution is -0.123. The number of aromatic nitrogens is 2. The quantitative estimate of drug-likeness (QED) is 0.507. The fourth-order valence-electron chi connectivity index (χ4n) is 3.73. The minimum atomic E-state index is -1.03. The van der Waals surface area contributed by atoms with Gasteiger partial charge in [-0.05, 0) is 37.3 Å². The molecule has 0 spiro atoms. The lowest BCUT2D eigenvalue weighted by Crippen LogP contribution is -2.39. The van der Waals surface area contributed by atoms with Crippen LogP contribution in [0.25, 0.3) is 11.4 Å². The largest absolute Gasteiger partial charge is 0.493 e. The van der Waals surface area contributed by atoms with Crippen molar-refractivity contribution in [2.45, 2.75) is 25.6 Å². The van der Waals surface area contributed by atoms with Gasteiger partial charge >= 0.3 is 0 Å². The van der Waals surface area contributed by atoms with Crippen LogP contribution >= 0.6 is 11.6 Å². The van der Waals surface area contributed by atoms with Crippen molar-refractivity contribution >= 4 is 29.1 Å². The summed E-state index contributed by atoms with van der Waals surface area (Å²) < 4.78 is 24.5. The molecule has 0 saturated carbocycles. The second-order valence-corrected chi connectivity index (χ2v) is 7.65. The van der Waals surface area contributed by atoms with Crippen LogP contribution in [-0.4, -0.2) is 45.7 Å². The zero-order valence-corrected chi connectivity index (χ0v) is 17.9. The molecule has 12 heteroatoms. The van der Waals surface area contributed by atoms with Crippen molar-refractivity contribution in [1.82, 2.24) is 15.1 Å². The van der Waals surface area contributed by atoms with E-state index in [1.165, 1.54) is 17.1 Å². The first-order valence-electron chi connectivity index (χ1n) is 10.0. The van der Waals surface area contributed by atoms with E-state index in [1.807, 2.05) is 19.1 Å². The molecule has 1 aromatic heterocycles. The third kappa shape index (κ3) is 3.59. The predicted molar refractivity (Wildman–Crippen MR) is 113 cm³/mol. The Kier molecular flexibility index (Phi) is 5.25. The Morgan fingerprint density at radius 2 is 2.00 bits per heavy atom. The van der Waals surface area contributed by atoms with Gasteiger partial charge in [-0.25, -0.2) is 9.29 Å². The number of carbonyl (C=O) groups is 2. The van der Waals surface area contributed by atoms with E-state index in [0.717, 1.165) is 11.0 Å². The first kappa shape index (κ1) is 21.0. The molecule has 0 unspecified atom stereocenters. The summed E-state index contributed by atoms with van der Waals surface area (Å²) in [6.45, 7) is 2.31. The Morgan fingerprint density at radius 1 is 1.18 bits per heavy atom. The van der Waals surface area contributed by atoms with Gasteiger partial charge in [0.25, 0.3) is 11.8 Å². The van der Waals surface area contributed by atoms with E-state index >= 15 is 0 Å². The Hall–Kier alpha value is -3.86. The number of hydrogen-bond acceptors (Lipinski definition) is 9. The molecule has 10 nitrogen and oxygen atoms in total. The summed E-state index contributed by atoms with van der Waals surface area (Å²) >= 11 is 5.81. The summed E-state index contributed by atoms with van der Waals surface area (Å²) in [5.41, 5.74) is 0.815. The smallest absolute Gasteiger partial charge is 0.263 e. The topological polar surface area (TPSA) is 113 Å². The number of carbonyl (C=O) groups excluding carboxylic acids is 2. The number of amides is 2. The number of ether oxygens (including phenoxy) is 1. The highest BCUT2D eigenvalue weighted by atomic mass is 35.5. The maximum atomic E-state index is 13.5. The van der Waals surface area contributed by atoms with Gasteiger partial charge in [0.15, 0.2) is 12.1 Å². The number of para-hydroxylation sites is 1. The number of hydrogen-bond donors (Lipinski definition) is 0. The number of imide groups is 1. The van der Waals surface area contributed by atoms with Crippen molar-refractivity contribution in [2.75, 3.05) is 11.5 Å². The maximum absolute atomic E-state index is 13.5. The van der Waals surface area contributed by atoms with E-state index < -0.39 is 29.7 Å². The number of benzene rings is 2. The predicted octanol–water partition coefficient (Wildman–Crippen LogP) is 3.42. The second-order valence-electron chi connectivity index (χ2n) is 7.24. The Morgan fingerprint density at radius 3 is 2.79 bits per heavy atom. The summed E-state index contributed by atoms with van der Waals surface area (Å²) in [6, 6.07) is 8.87. The van der Waals surface area contributed by atoms with Crippen LogP contribution in [0.2, 0.25) is 5.02 Å². The molecule has 1 saturated heterocycles. The van der Waals surface area contributed by atoms with E-state index in [1.54, 1.807) is 12.1 Å². The molecule has 0 N–H and O–H groups in total. The third-order valence-electron chi connectivity index (χ3n) is 5.21. The first-order valence-corrected chi connectivity index (χ1v) is 10.4. The van der Waals surface area contributed by atoms with Crippen molar-refractivity contribution in [1.29, 1.82) is 0 Å². The van der Waals surface area contributed by atoms with Gasteiger partial charge < -0.3 is 9.26 Å². The lowest BCUT2D eigenvalue weighted by Gasteiger charge is -2.19. The Labute approximate surface area is 191 Å². The number of nitrogens with zero attached hydrogens (tertiary/aromatic N) is 6. The maximum Gasteiger partial charge on any atom is 0.263 e. The third-order valence-corrected chi connectivity index (χ3v) is 5.50. The molecule has 0 radical (unpaired) electrons. The van der Waals surface area contributed by atoms with Gasteiger partial charge in [-0.15, -0.1) is 0 Å². The van der Waals surface area contributed by atoms with Crippen LogP contribution in [0.4, 0.5) is 10.1 Å². The van der Waals surface area contributed by atoms with Gasteiger partial charge in [0.2, 0.25) is 11.7 Å². The van der Waals surface area contributed by atoms with E-state index in [4.69, 9.17) is 20.9 Å². The van der Waals surface area contributed by atoms with Crippen molar-refractivity contribution < 1.29 is 23.2 Å². The van der Waals surface area contributed by atoms with Gasteiger partial charge in [0.1, 0.15) is 18.1 Å². The highest BCUT2D eigenvalue weighted by Crippen LogP contribution is 2.34. The van der Waals surface area contributed by atoms with E-state index in [-0.39, 0.29) is 23.1 Å². The van der Waals surface area contributed by atoms with E-state index in [0.29, 0.717) is 23.7 Å². The van der Waals surface area contributed by atoms with Gasteiger partial charge in [0.05, 0.1) is 22.9 Å². The summed E-state index contributed by atoms with van der Waals surface area (Å²) in [7, 11) is 0. The fourth-order valence-corrected chi connectivity index (χ4v) is 3.91. The highest BCUT2D eigenvalue weighted by molar-refractivity contribution is 6.32. The number of rotatable bonds is 6. The van der Waals surface area contributed by atoms with Crippen molar-refractivity contribution in [3.63, 3.8) is 0 Å². The highest BCUT2D eigenvalue weighted by Gasteiger charge is 2.55. The van der Waals surface area contributed by atoms with Gasteiger partial charge in [0, 0.05) is 0 Å². The molecule has 168 valence electrons. The minimum absolute atomic E-state index is 0.0362. The molecule has 3 heterocycles. The van der Waals surface area contributed by atoms with Crippen LogP contribution in [0, 0.1) is 5.82 Å². The molecule has 3 aromatic rings. The van der Waals surface area contributed by atoms with Crippen molar-refractivity contribution in [2.24, 2.45) is 10.3 Å². The molecule has 2 aromatic carbocycles. The summed E-state index contributed by atoms with van der Waals surface area (Å²) in [6.07, 6.45) is 0.